The smallest absolute Gasteiger partial charge is 0.267 e. The van der Waals surface area contributed by atoms with E-state index in [2.05, 4.69) is 12.2 Å². The molecule has 3 nitrogen and oxygen atoms in total. The predicted molar refractivity (Wildman–Crippen MR) is 79.8 cm³/mol. The van der Waals surface area contributed by atoms with Gasteiger partial charge in [0.1, 0.15) is 0 Å². The van der Waals surface area contributed by atoms with Crippen LogP contribution in [0.25, 0.3) is 0 Å². The van der Waals surface area contributed by atoms with Crippen LogP contribution < -0.4 is 0 Å². The van der Waals surface area contributed by atoms with Crippen LogP contribution in [0.15, 0.2) is 12.2 Å². The quantitative estimate of drug-likeness (QED) is 0.587. The minimum Gasteiger partial charge on any atom is -0.267 e. The van der Waals surface area contributed by atoms with Gasteiger partial charge in [0.2, 0.25) is 0 Å². The third-order valence-corrected chi connectivity index (χ3v) is 7.30. The molecular formula is C16H26O3S. The van der Waals surface area contributed by atoms with Crippen molar-refractivity contribution >= 4 is 10.1 Å². The Labute approximate surface area is 122 Å². The summed E-state index contributed by atoms with van der Waals surface area (Å²) in [7, 11) is -3.38. The SMILES string of the molecule is CC(C)S(=O)(=O)OC1CCCC(C23C=CC(CC2)C3)C1. The molecular weight excluding hydrogens is 272 g/mol. The van der Waals surface area contributed by atoms with Crippen LogP contribution >= 0.6 is 0 Å². The minimum absolute atomic E-state index is 0.0939. The highest BCUT2D eigenvalue weighted by Crippen LogP contribution is 2.57. The van der Waals surface area contributed by atoms with Gasteiger partial charge in [0.05, 0.1) is 11.4 Å². The van der Waals surface area contributed by atoms with Gasteiger partial charge in [0.15, 0.2) is 0 Å². The summed E-state index contributed by atoms with van der Waals surface area (Å²) in [5.41, 5.74) is 0.369. The summed E-state index contributed by atoms with van der Waals surface area (Å²) < 4.78 is 29.4. The Kier molecular flexibility index (Phi) is 3.74. The molecule has 0 saturated heterocycles. The van der Waals surface area contributed by atoms with Crippen molar-refractivity contribution in [3.05, 3.63) is 12.2 Å². The largest absolute Gasteiger partial charge is 0.269 e. The first-order valence-corrected chi connectivity index (χ1v) is 9.50. The first kappa shape index (κ1) is 14.6. The lowest BCUT2D eigenvalue weighted by Crippen LogP contribution is -2.35. The average molecular weight is 298 g/mol. The maximum atomic E-state index is 11.9. The molecule has 0 radical (unpaired) electrons. The van der Waals surface area contributed by atoms with Gasteiger partial charge in [0, 0.05) is 0 Å². The van der Waals surface area contributed by atoms with E-state index in [9.17, 15) is 8.42 Å². The molecule has 2 bridgehead atoms. The van der Waals surface area contributed by atoms with Gasteiger partial charge in [-0.3, -0.25) is 4.18 Å². The van der Waals surface area contributed by atoms with Crippen molar-refractivity contribution < 1.29 is 12.6 Å². The van der Waals surface area contributed by atoms with Gasteiger partial charge < -0.3 is 0 Å². The minimum atomic E-state index is -3.38. The lowest BCUT2D eigenvalue weighted by Gasteiger charge is -2.39. The van der Waals surface area contributed by atoms with Crippen molar-refractivity contribution in [3.63, 3.8) is 0 Å². The first-order valence-electron chi connectivity index (χ1n) is 8.03. The van der Waals surface area contributed by atoms with E-state index in [1.54, 1.807) is 13.8 Å². The molecule has 3 rings (SSSR count). The summed E-state index contributed by atoms with van der Waals surface area (Å²) in [5, 5.41) is -0.441. The van der Waals surface area contributed by atoms with Gasteiger partial charge in [-0.1, -0.05) is 18.6 Å². The Morgan fingerprint density at radius 1 is 1.25 bits per heavy atom. The van der Waals surface area contributed by atoms with Gasteiger partial charge >= 0.3 is 0 Å². The van der Waals surface area contributed by atoms with E-state index in [-0.39, 0.29) is 6.10 Å². The second-order valence-electron chi connectivity index (χ2n) is 7.22. The molecule has 0 aromatic carbocycles. The molecule has 2 fully saturated rings. The zero-order valence-electron chi connectivity index (χ0n) is 12.5. The molecule has 0 aromatic heterocycles. The molecule has 0 amide bonds. The van der Waals surface area contributed by atoms with E-state index in [4.69, 9.17) is 4.18 Å². The fraction of sp³-hybridized carbons (Fsp3) is 0.875. The molecule has 0 heterocycles. The molecule has 114 valence electrons. The molecule has 4 unspecified atom stereocenters. The van der Waals surface area contributed by atoms with Crippen molar-refractivity contribution in [2.75, 3.05) is 0 Å². The van der Waals surface area contributed by atoms with E-state index in [0.717, 1.165) is 25.2 Å². The Hall–Kier alpha value is -0.350. The topological polar surface area (TPSA) is 43.4 Å². The van der Waals surface area contributed by atoms with Crippen molar-refractivity contribution in [1.29, 1.82) is 0 Å². The molecule has 0 aliphatic heterocycles. The molecule has 3 aliphatic rings. The zero-order valence-corrected chi connectivity index (χ0v) is 13.4. The van der Waals surface area contributed by atoms with Gasteiger partial charge in [-0.05, 0) is 69.6 Å². The van der Waals surface area contributed by atoms with Gasteiger partial charge in [-0.2, -0.15) is 8.42 Å². The Balaban J connectivity index is 1.67. The highest BCUT2D eigenvalue weighted by atomic mass is 32.2. The highest BCUT2D eigenvalue weighted by Gasteiger charge is 2.47. The van der Waals surface area contributed by atoms with Crippen LogP contribution in [0.4, 0.5) is 0 Å². The fourth-order valence-corrected chi connectivity index (χ4v) is 5.13. The second kappa shape index (κ2) is 5.13. The molecule has 3 aliphatic carbocycles. The number of rotatable bonds is 4. The Morgan fingerprint density at radius 3 is 2.60 bits per heavy atom. The third kappa shape index (κ3) is 2.57. The van der Waals surface area contributed by atoms with Crippen LogP contribution in [0.2, 0.25) is 0 Å². The van der Waals surface area contributed by atoms with Gasteiger partial charge in [-0.25, -0.2) is 0 Å². The number of hydrogen-bond donors (Lipinski definition) is 0. The van der Waals surface area contributed by atoms with E-state index in [1.165, 1.54) is 25.7 Å². The standard InChI is InChI=1S/C16H26O3S/c1-12(2)20(17,18)19-15-5-3-4-14(10-15)16-8-6-13(11-16)7-9-16/h6,8,12-15H,3-5,7,9-11H2,1-2H3. The summed E-state index contributed by atoms with van der Waals surface area (Å²) in [6.07, 6.45) is 12.8. The summed E-state index contributed by atoms with van der Waals surface area (Å²) >= 11 is 0. The molecule has 4 atom stereocenters. The van der Waals surface area contributed by atoms with Gasteiger partial charge in [-0.15, -0.1) is 0 Å². The Bertz CT molecular complexity index is 494. The number of hydrogen-bond acceptors (Lipinski definition) is 3. The number of allylic oxidation sites excluding steroid dienone is 2. The van der Waals surface area contributed by atoms with Crippen LogP contribution in [-0.2, 0) is 14.3 Å². The molecule has 4 heteroatoms. The predicted octanol–water partition coefficient (Wildman–Crippen LogP) is 3.66. The normalized spacial score (nSPS) is 40.6. The van der Waals surface area contributed by atoms with Crippen molar-refractivity contribution in [2.24, 2.45) is 17.3 Å². The van der Waals surface area contributed by atoms with Gasteiger partial charge in [0.25, 0.3) is 10.1 Å². The summed E-state index contributed by atoms with van der Waals surface area (Å²) in [4.78, 5) is 0. The number of fused-ring (bicyclic) bond motifs is 2. The highest BCUT2D eigenvalue weighted by molar-refractivity contribution is 7.87. The van der Waals surface area contributed by atoms with Crippen molar-refractivity contribution in [2.45, 2.75) is 70.1 Å². The van der Waals surface area contributed by atoms with Crippen LogP contribution in [0.1, 0.15) is 58.8 Å². The molecule has 20 heavy (non-hydrogen) atoms. The summed E-state index contributed by atoms with van der Waals surface area (Å²) in [6, 6.07) is 0. The third-order valence-electron chi connectivity index (χ3n) is 5.61. The molecule has 0 aromatic rings. The maximum Gasteiger partial charge on any atom is 0.269 e. The van der Waals surface area contributed by atoms with E-state index >= 15 is 0 Å². The first-order chi connectivity index (χ1) is 9.41. The van der Waals surface area contributed by atoms with Crippen LogP contribution in [0, 0.1) is 17.3 Å². The summed E-state index contributed by atoms with van der Waals surface area (Å²) in [6.45, 7) is 3.38. The van der Waals surface area contributed by atoms with Crippen LogP contribution in [-0.4, -0.2) is 19.8 Å². The zero-order chi connectivity index (χ0) is 14.4. The van der Waals surface area contributed by atoms with E-state index in [0.29, 0.717) is 11.3 Å². The average Bonchev–Trinajstić information content (AvgIpc) is 3.00. The van der Waals surface area contributed by atoms with E-state index in [1.807, 2.05) is 0 Å². The lowest BCUT2D eigenvalue weighted by molar-refractivity contribution is 0.0788. The van der Waals surface area contributed by atoms with Crippen molar-refractivity contribution in [3.8, 4) is 0 Å². The molecule has 0 N–H and O–H groups in total. The molecule has 2 saturated carbocycles. The van der Waals surface area contributed by atoms with E-state index < -0.39 is 15.4 Å². The molecule has 0 spiro atoms. The maximum absolute atomic E-state index is 11.9. The monoisotopic (exact) mass is 298 g/mol. The van der Waals surface area contributed by atoms with Crippen LogP contribution in [0.5, 0.6) is 0 Å². The second-order valence-corrected chi connectivity index (χ2v) is 9.34. The Morgan fingerprint density at radius 2 is 2.05 bits per heavy atom. The van der Waals surface area contributed by atoms with Crippen LogP contribution in [0.3, 0.4) is 0 Å². The summed E-state index contributed by atoms with van der Waals surface area (Å²) in [5.74, 6) is 1.41. The van der Waals surface area contributed by atoms with Crippen molar-refractivity contribution in [1.82, 2.24) is 0 Å². The lowest BCUT2D eigenvalue weighted by atomic mass is 9.68. The fourth-order valence-electron chi connectivity index (χ4n) is 4.35.